The van der Waals surface area contributed by atoms with Gasteiger partial charge >= 0.3 is 32.9 Å². The van der Waals surface area contributed by atoms with Gasteiger partial charge in [-0.05, 0) is 17.4 Å². The van der Waals surface area contributed by atoms with Crippen molar-refractivity contribution in [2.24, 2.45) is 0 Å². The highest BCUT2D eigenvalue weighted by Gasteiger charge is 2.40. The Bertz CT molecular complexity index is 1580. The third kappa shape index (κ3) is 11.9. The molecule has 0 bridgehead atoms. The highest BCUT2D eigenvalue weighted by molar-refractivity contribution is 7.39. The van der Waals surface area contributed by atoms with Gasteiger partial charge in [-0.25, -0.2) is 24.4 Å². The minimum absolute atomic E-state index is 0.0328. The number of hydrogen-bond acceptors (Lipinski definition) is 16. The number of unbranched alkanes of at least 4 members (excludes halogenated alkanes) is 1. The summed E-state index contributed by atoms with van der Waals surface area (Å²) >= 11 is 0. The molecule has 2 aliphatic heterocycles. The number of aromatic nitrogens is 2. The number of nitrogens with one attached hydrogen (secondary N) is 1. The van der Waals surface area contributed by atoms with Gasteiger partial charge < -0.3 is 48.4 Å². The van der Waals surface area contributed by atoms with E-state index < -0.39 is 56.9 Å². The number of nitrogens with zero attached hydrogens (tertiary/aromatic N) is 5. The van der Waals surface area contributed by atoms with Crippen LogP contribution in [0.3, 0.4) is 0 Å². The maximum atomic E-state index is 14.0. The second kappa shape index (κ2) is 20.2. The van der Waals surface area contributed by atoms with Gasteiger partial charge in [0.1, 0.15) is 11.5 Å². The normalized spacial score (nSPS) is 16.4. The summed E-state index contributed by atoms with van der Waals surface area (Å²) in [5.74, 6) is -0.716. The Morgan fingerprint density at radius 1 is 0.925 bits per heavy atom. The number of benzene rings is 1. The van der Waals surface area contributed by atoms with E-state index in [1.165, 1.54) is 15.9 Å². The van der Waals surface area contributed by atoms with E-state index >= 15 is 0 Å². The van der Waals surface area contributed by atoms with Crippen LogP contribution in [0.1, 0.15) is 36.7 Å². The number of anilines is 1. The first-order valence-corrected chi connectivity index (χ1v) is 18.3. The average molecular weight is 764 g/mol. The van der Waals surface area contributed by atoms with Crippen molar-refractivity contribution < 1.29 is 61.5 Å². The molecule has 3 heterocycles. The molecule has 3 unspecified atom stereocenters. The smallest absolute Gasteiger partial charge is 0.449 e. The molecule has 2 aromatic rings. The number of amides is 3. The molecule has 0 saturated carbocycles. The Morgan fingerprint density at radius 3 is 2.19 bits per heavy atom. The predicted octanol–water partition coefficient (Wildman–Crippen LogP) is 3.16. The fraction of sp³-hybridized carbons (Fsp3) is 0.545. The van der Waals surface area contributed by atoms with Crippen molar-refractivity contribution in [3.63, 3.8) is 0 Å². The lowest BCUT2D eigenvalue weighted by Crippen LogP contribution is -2.56. The van der Waals surface area contributed by atoms with E-state index in [0.29, 0.717) is 30.9 Å². The minimum Gasteiger partial charge on any atom is -0.449 e. The van der Waals surface area contributed by atoms with Crippen molar-refractivity contribution in [2.45, 2.75) is 44.8 Å². The quantitative estimate of drug-likeness (QED) is 0.0907. The predicted molar refractivity (Wildman–Crippen MR) is 185 cm³/mol. The van der Waals surface area contributed by atoms with E-state index in [4.69, 9.17) is 28.5 Å². The van der Waals surface area contributed by atoms with Crippen molar-refractivity contribution >= 4 is 44.1 Å². The summed E-state index contributed by atoms with van der Waals surface area (Å²) in [6.45, 7) is 1.67. The van der Waals surface area contributed by atoms with Gasteiger partial charge in [-0.2, -0.15) is 0 Å². The van der Waals surface area contributed by atoms with E-state index in [2.05, 4.69) is 19.8 Å². The summed E-state index contributed by atoms with van der Waals surface area (Å²) in [5, 5.41) is 2.63. The number of rotatable bonds is 15. The molecule has 2 saturated heterocycles. The van der Waals surface area contributed by atoms with Crippen molar-refractivity contribution in [1.82, 2.24) is 25.1 Å². The third-order valence-electron chi connectivity index (χ3n) is 8.21. The van der Waals surface area contributed by atoms with Crippen LogP contribution < -0.4 is 10.2 Å². The van der Waals surface area contributed by atoms with Crippen LogP contribution in [0, 0.1) is 0 Å². The van der Waals surface area contributed by atoms with Gasteiger partial charge in [0.15, 0.2) is 11.9 Å². The first-order valence-electron chi connectivity index (χ1n) is 16.9. The summed E-state index contributed by atoms with van der Waals surface area (Å²) in [5.41, 5.74) is 0.563. The average Bonchev–Trinajstić information content (AvgIpc) is 3.67. The van der Waals surface area contributed by atoms with E-state index in [1.807, 2.05) is 17.9 Å². The molecule has 0 aliphatic carbocycles. The molecule has 20 heteroatoms. The van der Waals surface area contributed by atoms with Crippen LogP contribution in [-0.4, -0.2) is 142 Å². The molecule has 288 valence electrons. The first kappa shape index (κ1) is 40.6. The van der Waals surface area contributed by atoms with Crippen LogP contribution in [0.15, 0.2) is 36.4 Å². The Labute approximate surface area is 307 Å². The first-order chi connectivity index (χ1) is 25.5. The molecule has 1 aromatic heterocycles. The highest BCUT2D eigenvalue weighted by atomic mass is 31.1. The number of carbonyl (C=O) groups is 5. The van der Waals surface area contributed by atoms with Gasteiger partial charge in [0.25, 0.3) is 5.91 Å². The molecule has 53 heavy (non-hydrogen) atoms. The molecule has 2 aliphatic rings. The van der Waals surface area contributed by atoms with E-state index in [-0.39, 0.29) is 50.4 Å². The van der Waals surface area contributed by atoms with Crippen LogP contribution in [0.2, 0.25) is 0 Å². The van der Waals surface area contributed by atoms with Gasteiger partial charge in [-0.15, -0.1) is 0 Å². The maximum Gasteiger partial charge on any atom is 0.518 e. The molecule has 3 atom stereocenters. The second-order valence-corrected chi connectivity index (χ2v) is 13.0. The number of ether oxygens (including phenoxy) is 6. The number of hydrogen-bond donors (Lipinski definition) is 1. The standard InChI is InChI=1S/C33H43N6O13P/c1-5-6-18-49-30(42)38-16-14-37(15-17-38)29(41)25(21-53(45)52-33(50-31(43)47-3)51-32(44)48-4)35-28(40)24-19-26(39-13-12-23(20-39)46-2)36-27(34-24)22-10-8-7-9-11-22/h7-11,19,23,25,33H,5-6,12-18,20-21H2,1-4H3/p+1. The van der Waals surface area contributed by atoms with E-state index in [1.54, 1.807) is 31.4 Å². The SMILES string of the molecule is CCCCOC(=O)N1CCN(C(=O)C(C[P+](=O)OC(OC(=O)OC)OC(=O)OC)NC(=O)c2cc(N3CCC(OC)C3)nc(-c3ccccc3)n2)CC1. The largest absolute Gasteiger partial charge is 0.518 e. The Hall–Kier alpha value is -5.13. The van der Waals surface area contributed by atoms with Crippen LogP contribution >= 0.6 is 8.03 Å². The summed E-state index contributed by atoms with van der Waals surface area (Å²) in [4.78, 5) is 77.9. The van der Waals surface area contributed by atoms with Crippen molar-refractivity contribution in [1.29, 1.82) is 0 Å². The molecular weight excluding hydrogens is 719 g/mol. The molecule has 0 radical (unpaired) electrons. The summed E-state index contributed by atoms with van der Waals surface area (Å²) < 4.78 is 47.5. The number of methoxy groups -OCH3 is 3. The van der Waals surface area contributed by atoms with Gasteiger partial charge in [-0.3, -0.25) is 9.59 Å². The zero-order valence-corrected chi connectivity index (χ0v) is 30.9. The molecular formula is C33H44N6O13P+. The van der Waals surface area contributed by atoms with Crippen LogP contribution in [-0.2, 0) is 42.3 Å². The van der Waals surface area contributed by atoms with Crippen molar-refractivity contribution in [3.05, 3.63) is 42.1 Å². The lowest BCUT2D eigenvalue weighted by Gasteiger charge is -2.35. The summed E-state index contributed by atoms with van der Waals surface area (Å²) in [7, 11) is 0.592. The van der Waals surface area contributed by atoms with E-state index in [0.717, 1.165) is 27.1 Å². The lowest BCUT2D eigenvalue weighted by molar-refractivity contribution is -0.197. The fourth-order valence-electron chi connectivity index (χ4n) is 5.31. The van der Waals surface area contributed by atoms with Crippen LogP contribution in [0.5, 0.6) is 0 Å². The monoisotopic (exact) mass is 763 g/mol. The number of piperazine rings is 1. The van der Waals surface area contributed by atoms with Crippen molar-refractivity contribution in [3.8, 4) is 11.4 Å². The Morgan fingerprint density at radius 2 is 1.58 bits per heavy atom. The number of carbonyl (C=O) groups excluding carboxylic acids is 5. The van der Waals surface area contributed by atoms with Gasteiger partial charge in [-0.1, -0.05) is 48.2 Å². The Kier molecular flexibility index (Phi) is 15.5. The van der Waals surface area contributed by atoms with E-state index in [9.17, 15) is 28.5 Å². The maximum absolute atomic E-state index is 14.0. The molecule has 2 fully saturated rings. The topological polar surface area (TPSA) is 215 Å². The van der Waals surface area contributed by atoms with Gasteiger partial charge in [0, 0.05) is 58.0 Å². The van der Waals surface area contributed by atoms with Gasteiger partial charge in [0.05, 0.1) is 26.9 Å². The second-order valence-electron chi connectivity index (χ2n) is 11.8. The van der Waals surface area contributed by atoms with Crippen LogP contribution in [0.4, 0.5) is 20.2 Å². The lowest BCUT2D eigenvalue weighted by atomic mass is 10.2. The Balaban J connectivity index is 1.58. The third-order valence-corrected chi connectivity index (χ3v) is 9.28. The highest BCUT2D eigenvalue weighted by Crippen LogP contribution is 2.29. The molecule has 19 nitrogen and oxygen atoms in total. The molecule has 1 N–H and O–H groups in total. The fourth-order valence-corrected chi connectivity index (χ4v) is 6.22. The van der Waals surface area contributed by atoms with Crippen molar-refractivity contribution in [2.75, 3.05) is 78.3 Å². The zero-order valence-electron chi connectivity index (χ0n) is 30.0. The summed E-state index contributed by atoms with van der Waals surface area (Å²) in [6.07, 6.45) is -1.54. The summed E-state index contributed by atoms with van der Waals surface area (Å²) in [6, 6.07) is 9.02. The molecule has 0 spiro atoms. The molecule has 4 rings (SSSR count). The minimum atomic E-state index is -2.99. The molecule has 1 aromatic carbocycles. The zero-order chi connectivity index (χ0) is 38.3. The van der Waals surface area contributed by atoms with Gasteiger partial charge in [0.2, 0.25) is 12.1 Å². The van der Waals surface area contributed by atoms with Crippen LogP contribution in [0.25, 0.3) is 11.4 Å². The molecule has 3 amide bonds.